The molecule has 6 heteroatoms. The zero-order valence-corrected chi connectivity index (χ0v) is 8.96. The number of hydrogen-bond acceptors (Lipinski definition) is 1. The van der Waals surface area contributed by atoms with Gasteiger partial charge in [-0.05, 0) is 12.1 Å². The first-order valence-electron chi connectivity index (χ1n) is 4.45. The molecule has 0 atom stereocenters. The van der Waals surface area contributed by atoms with E-state index in [0.717, 1.165) is 12.1 Å². The summed E-state index contributed by atoms with van der Waals surface area (Å²) in [5, 5.41) is 0. The first kappa shape index (κ1) is 13.3. The molecule has 0 amide bonds. The monoisotopic (exact) mass is 255 g/mol. The van der Waals surface area contributed by atoms with Crippen molar-refractivity contribution in [1.29, 1.82) is 0 Å². The highest BCUT2D eigenvalue weighted by Crippen LogP contribution is 2.50. The Morgan fingerprint density at radius 3 is 1.88 bits per heavy atom. The van der Waals surface area contributed by atoms with Gasteiger partial charge >= 0.3 is 0 Å². The lowest BCUT2D eigenvalue weighted by molar-refractivity contribution is -0.126. The molecule has 1 saturated carbocycles. The topological polar surface area (TPSA) is 26.0 Å². The molecule has 1 aromatic carbocycles. The van der Waals surface area contributed by atoms with Gasteiger partial charge in [-0.25, -0.2) is 17.6 Å². The predicted octanol–water partition coefficient (Wildman–Crippen LogP) is 2.97. The van der Waals surface area contributed by atoms with Crippen molar-refractivity contribution in [2.45, 2.75) is 24.3 Å². The number of rotatable bonds is 1. The summed E-state index contributed by atoms with van der Waals surface area (Å²) in [6.45, 7) is 0. The minimum atomic E-state index is -2.91. The summed E-state index contributed by atoms with van der Waals surface area (Å²) in [7, 11) is 0. The minimum Gasteiger partial charge on any atom is -0.321 e. The number of alkyl halides is 2. The van der Waals surface area contributed by atoms with E-state index >= 15 is 0 Å². The van der Waals surface area contributed by atoms with E-state index in [1.165, 1.54) is 6.07 Å². The molecule has 1 nitrogen and oxygen atoms in total. The van der Waals surface area contributed by atoms with Crippen molar-refractivity contribution in [2.75, 3.05) is 0 Å². The zero-order chi connectivity index (χ0) is 11.3. The number of halogens is 5. The van der Waals surface area contributed by atoms with Crippen LogP contribution in [0, 0.1) is 11.6 Å². The minimum absolute atomic E-state index is 0. The Labute approximate surface area is 96.0 Å². The smallest absolute Gasteiger partial charge is 0.252 e. The van der Waals surface area contributed by atoms with E-state index in [2.05, 4.69) is 0 Å². The van der Waals surface area contributed by atoms with Crippen LogP contribution in [0.3, 0.4) is 0 Å². The van der Waals surface area contributed by atoms with Crippen molar-refractivity contribution < 1.29 is 17.6 Å². The Hall–Kier alpha value is -0.810. The van der Waals surface area contributed by atoms with Crippen molar-refractivity contribution >= 4 is 12.4 Å². The van der Waals surface area contributed by atoms with E-state index in [-0.39, 0.29) is 12.4 Å². The van der Waals surface area contributed by atoms with Crippen LogP contribution in [0.15, 0.2) is 18.2 Å². The largest absolute Gasteiger partial charge is 0.321 e. The summed E-state index contributed by atoms with van der Waals surface area (Å²) in [5.41, 5.74) is 3.54. The van der Waals surface area contributed by atoms with Crippen molar-refractivity contribution in [2.24, 2.45) is 5.73 Å². The van der Waals surface area contributed by atoms with Crippen molar-refractivity contribution in [1.82, 2.24) is 0 Å². The van der Waals surface area contributed by atoms with Crippen LogP contribution in [0.4, 0.5) is 17.6 Å². The predicted molar refractivity (Wildman–Crippen MR) is 53.7 cm³/mol. The fourth-order valence-electron chi connectivity index (χ4n) is 2.02. The number of nitrogens with two attached hydrogens (primary N) is 1. The van der Waals surface area contributed by atoms with Crippen molar-refractivity contribution in [3.05, 3.63) is 35.4 Å². The van der Waals surface area contributed by atoms with Gasteiger partial charge in [0.1, 0.15) is 11.6 Å². The Morgan fingerprint density at radius 2 is 1.50 bits per heavy atom. The quantitative estimate of drug-likeness (QED) is 0.767. The number of benzene rings is 1. The standard InChI is InChI=1S/C10H9F4N.ClH/c11-6-2-1-3-7(12)8(6)9(15)4-10(13,14)5-9;/h1-3H,4-5,15H2;1H. The van der Waals surface area contributed by atoms with Gasteiger partial charge < -0.3 is 5.73 Å². The lowest BCUT2D eigenvalue weighted by atomic mass is 9.69. The van der Waals surface area contributed by atoms with E-state index < -0.39 is 41.5 Å². The third kappa shape index (κ3) is 2.01. The summed E-state index contributed by atoms with van der Waals surface area (Å²) in [4.78, 5) is 0. The summed E-state index contributed by atoms with van der Waals surface area (Å²) < 4.78 is 51.8. The molecule has 0 heterocycles. The van der Waals surface area contributed by atoms with Gasteiger partial charge in [0.15, 0.2) is 0 Å². The van der Waals surface area contributed by atoms with Crippen LogP contribution >= 0.6 is 12.4 Å². The number of hydrogen-bond donors (Lipinski definition) is 1. The highest BCUT2D eigenvalue weighted by atomic mass is 35.5. The summed E-state index contributed by atoms with van der Waals surface area (Å²) >= 11 is 0. The fourth-order valence-corrected chi connectivity index (χ4v) is 2.02. The van der Waals surface area contributed by atoms with E-state index in [9.17, 15) is 17.6 Å². The molecule has 0 unspecified atom stereocenters. The molecule has 2 N–H and O–H groups in total. The normalized spacial score (nSPS) is 20.8. The molecule has 0 radical (unpaired) electrons. The maximum atomic E-state index is 13.3. The van der Waals surface area contributed by atoms with E-state index in [1.807, 2.05) is 0 Å². The van der Waals surface area contributed by atoms with Gasteiger partial charge in [-0.3, -0.25) is 0 Å². The van der Waals surface area contributed by atoms with Crippen LogP contribution in [-0.2, 0) is 5.54 Å². The first-order valence-corrected chi connectivity index (χ1v) is 4.45. The molecule has 1 fully saturated rings. The van der Waals surface area contributed by atoms with Crippen LogP contribution in [0.2, 0.25) is 0 Å². The second-order valence-corrected chi connectivity index (χ2v) is 3.96. The third-order valence-electron chi connectivity index (χ3n) is 2.61. The van der Waals surface area contributed by atoms with Crippen LogP contribution in [-0.4, -0.2) is 5.92 Å². The van der Waals surface area contributed by atoms with Gasteiger partial charge in [0, 0.05) is 18.4 Å². The average molecular weight is 256 g/mol. The van der Waals surface area contributed by atoms with Gasteiger partial charge in [-0.15, -0.1) is 12.4 Å². The molecule has 0 spiro atoms. The molecule has 2 rings (SSSR count). The van der Waals surface area contributed by atoms with E-state index in [1.54, 1.807) is 0 Å². The molecular weight excluding hydrogens is 246 g/mol. The van der Waals surface area contributed by atoms with Gasteiger partial charge in [0.05, 0.1) is 5.54 Å². The van der Waals surface area contributed by atoms with Crippen molar-refractivity contribution in [3.63, 3.8) is 0 Å². The van der Waals surface area contributed by atoms with E-state index in [4.69, 9.17) is 5.73 Å². The molecule has 1 aliphatic rings. The van der Waals surface area contributed by atoms with Gasteiger partial charge in [0.25, 0.3) is 5.92 Å². The maximum absolute atomic E-state index is 13.3. The summed E-state index contributed by atoms with van der Waals surface area (Å²) in [6.07, 6.45) is -1.42. The second kappa shape index (κ2) is 3.89. The highest BCUT2D eigenvalue weighted by molar-refractivity contribution is 5.85. The van der Waals surface area contributed by atoms with Crippen molar-refractivity contribution in [3.8, 4) is 0 Å². The van der Waals surface area contributed by atoms with Crippen LogP contribution in [0.25, 0.3) is 0 Å². The lowest BCUT2D eigenvalue weighted by Gasteiger charge is -2.44. The van der Waals surface area contributed by atoms with E-state index in [0.29, 0.717) is 0 Å². The zero-order valence-electron chi connectivity index (χ0n) is 8.14. The Morgan fingerprint density at radius 1 is 1.06 bits per heavy atom. The van der Waals surface area contributed by atoms with Gasteiger partial charge in [0.2, 0.25) is 0 Å². The van der Waals surface area contributed by atoms with Gasteiger partial charge in [-0.1, -0.05) is 6.07 Å². The molecule has 90 valence electrons. The fraction of sp³-hybridized carbons (Fsp3) is 0.400. The molecule has 16 heavy (non-hydrogen) atoms. The second-order valence-electron chi connectivity index (χ2n) is 3.96. The summed E-state index contributed by atoms with van der Waals surface area (Å²) in [6, 6.07) is 3.21. The van der Waals surface area contributed by atoms with Crippen LogP contribution < -0.4 is 5.73 Å². The molecule has 1 aromatic rings. The third-order valence-corrected chi connectivity index (χ3v) is 2.61. The lowest BCUT2D eigenvalue weighted by Crippen LogP contribution is -2.56. The molecule has 0 bridgehead atoms. The van der Waals surface area contributed by atoms with Crippen LogP contribution in [0.1, 0.15) is 18.4 Å². The highest BCUT2D eigenvalue weighted by Gasteiger charge is 2.57. The summed E-state index contributed by atoms with van der Waals surface area (Å²) in [5.74, 6) is -4.65. The Bertz CT molecular complexity index is 380. The molecule has 0 saturated heterocycles. The molecular formula is C10H10ClF4N. The Kier molecular flexibility index (Phi) is 3.22. The Balaban J connectivity index is 0.00000128. The first-order chi connectivity index (χ1) is 6.84. The molecule has 1 aliphatic carbocycles. The molecule has 0 aliphatic heterocycles. The molecule has 0 aromatic heterocycles. The average Bonchev–Trinajstić information content (AvgIpc) is 1.98. The van der Waals surface area contributed by atoms with Crippen LogP contribution in [0.5, 0.6) is 0 Å². The maximum Gasteiger partial charge on any atom is 0.252 e. The SMILES string of the molecule is Cl.NC1(c2c(F)cccc2F)CC(F)(F)C1. The van der Waals surface area contributed by atoms with Gasteiger partial charge in [-0.2, -0.15) is 0 Å².